The van der Waals surface area contributed by atoms with Gasteiger partial charge in [0, 0.05) is 36.5 Å². The highest BCUT2D eigenvalue weighted by molar-refractivity contribution is 6.30. The molecule has 1 aliphatic heterocycles. The van der Waals surface area contributed by atoms with Crippen molar-refractivity contribution in [1.29, 1.82) is 0 Å². The molecule has 2 atom stereocenters. The van der Waals surface area contributed by atoms with Crippen molar-refractivity contribution >= 4 is 17.5 Å². The maximum atomic E-state index is 12.6. The first kappa shape index (κ1) is 17.5. The van der Waals surface area contributed by atoms with Crippen LogP contribution in [0.3, 0.4) is 0 Å². The van der Waals surface area contributed by atoms with Gasteiger partial charge >= 0.3 is 0 Å². The number of aromatic nitrogens is 2. The lowest BCUT2D eigenvalue weighted by Gasteiger charge is -2.41. The zero-order valence-corrected chi connectivity index (χ0v) is 15.6. The molecular formula is C20H24ClN3O2. The highest BCUT2D eigenvalue weighted by Gasteiger charge is 2.32. The van der Waals surface area contributed by atoms with Gasteiger partial charge in [0.25, 0.3) is 0 Å². The average molecular weight is 374 g/mol. The highest BCUT2D eigenvalue weighted by Crippen LogP contribution is 2.36. The molecule has 1 saturated heterocycles. The largest absolute Gasteiger partial charge is 0.342 e. The second kappa shape index (κ2) is 7.78. The van der Waals surface area contributed by atoms with Crippen LogP contribution in [-0.2, 0) is 11.2 Å². The summed E-state index contributed by atoms with van der Waals surface area (Å²) in [5.41, 5.74) is 0.857. The van der Waals surface area contributed by atoms with Gasteiger partial charge in [-0.3, -0.25) is 4.79 Å². The first-order chi connectivity index (χ1) is 12.7. The van der Waals surface area contributed by atoms with Crippen molar-refractivity contribution in [2.24, 2.45) is 11.8 Å². The molecule has 1 aromatic carbocycles. The van der Waals surface area contributed by atoms with Gasteiger partial charge in [-0.05, 0) is 48.9 Å². The highest BCUT2D eigenvalue weighted by atomic mass is 35.5. The van der Waals surface area contributed by atoms with Crippen LogP contribution in [0.4, 0.5) is 0 Å². The fourth-order valence-corrected chi connectivity index (χ4v) is 4.40. The molecule has 1 aliphatic carbocycles. The number of likely N-dealkylation sites (tertiary alicyclic amines) is 1. The minimum absolute atomic E-state index is 0.209. The second-order valence-corrected chi connectivity index (χ2v) is 7.89. The Morgan fingerprint density at radius 3 is 2.73 bits per heavy atom. The molecule has 0 N–H and O–H groups in total. The Labute approximate surface area is 158 Å². The smallest absolute Gasteiger partial charge is 0.227 e. The van der Waals surface area contributed by atoms with E-state index in [0.717, 1.165) is 31.0 Å². The lowest BCUT2D eigenvalue weighted by Crippen LogP contribution is -2.44. The number of nitrogens with zero attached hydrogens (tertiary/aromatic N) is 3. The molecule has 2 aliphatic rings. The van der Waals surface area contributed by atoms with Gasteiger partial charge in [-0.25, -0.2) is 0 Å². The van der Waals surface area contributed by atoms with E-state index >= 15 is 0 Å². The molecule has 5 nitrogen and oxygen atoms in total. The average Bonchev–Trinajstić information content (AvgIpc) is 3.15. The number of piperidine rings is 1. The van der Waals surface area contributed by atoms with Crippen molar-refractivity contribution in [3.63, 3.8) is 0 Å². The standard InChI is InChI=1S/C20H24ClN3O2/c21-17-7-5-15(6-8-17)20-22-18(26-23-20)9-10-19(25)24-12-11-14-3-1-2-4-16(14)13-24/h5-8,14,16H,1-4,9-13H2/t14-,16-/m0/s1. The van der Waals surface area contributed by atoms with Crippen molar-refractivity contribution in [3.05, 3.63) is 35.2 Å². The van der Waals surface area contributed by atoms with Crippen LogP contribution in [0.1, 0.15) is 44.4 Å². The Morgan fingerprint density at radius 1 is 1.15 bits per heavy atom. The van der Waals surface area contributed by atoms with Crippen molar-refractivity contribution in [3.8, 4) is 11.4 Å². The second-order valence-electron chi connectivity index (χ2n) is 7.45. The molecule has 2 heterocycles. The number of hydrogen-bond donors (Lipinski definition) is 0. The molecule has 0 radical (unpaired) electrons. The summed E-state index contributed by atoms with van der Waals surface area (Å²) in [4.78, 5) is 19.0. The van der Waals surface area contributed by atoms with Crippen LogP contribution in [-0.4, -0.2) is 34.0 Å². The topological polar surface area (TPSA) is 59.2 Å². The van der Waals surface area contributed by atoms with E-state index in [1.165, 1.54) is 25.7 Å². The summed E-state index contributed by atoms with van der Waals surface area (Å²) in [5, 5.41) is 4.68. The zero-order valence-electron chi connectivity index (χ0n) is 14.9. The van der Waals surface area contributed by atoms with E-state index < -0.39 is 0 Å². The molecule has 2 fully saturated rings. The minimum Gasteiger partial charge on any atom is -0.342 e. The zero-order chi connectivity index (χ0) is 17.9. The van der Waals surface area contributed by atoms with Gasteiger partial charge in [0.1, 0.15) is 0 Å². The first-order valence-corrected chi connectivity index (χ1v) is 9.93. The maximum Gasteiger partial charge on any atom is 0.227 e. The molecule has 0 bridgehead atoms. The van der Waals surface area contributed by atoms with Gasteiger partial charge in [-0.15, -0.1) is 0 Å². The number of hydrogen-bond acceptors (Lipinski definition) is 4. The van der Waals surface area contributed by atoms with Crippen molar-refractivity contribution in [2.75, 3.05) is 13.1 Å². The number of carbonyl (C=O) groups is 1. The molecule has 138 valence electrons. The summed E-state index contributed by atoms with van der Waals surface area (Å²) in [6.07, 6.45) is 7.40. The third-order valence-corrected chi connectivity index (χ3v) is 6.02. The van der Waals surface area contributed by atoms with Crippen LogP contribution in [0.5, 0.6) is 0 Å². The van der Waals surface area contributed by atoms with Gasteiger partial charge in [-0.1, -0.05) is 36.0 Å². The molecule has 2 aromatic rings. The Bertz CT molecular complexity index is 759. The van der Waals surface area contributed by atoms with E-state index in [-0.39, 0.29) is 5.91 Å². The predicted octanol–water partition coefficient (Wildman–Crippen LogP) is 4.36. The van der Waals surface area contributed by atoms with Crippen LogP contribution < -0.4 is 0 Å². The number of amides is 1. The lowest BCUT2D eigenvalue weighted by molar-refractivity contribution is -0.134. The summed E-state index contributed by atoms with van der Waals surface area (Å²) in [6, 6.07) is 7.31. The van der Waals surface area contributed by atoms with E-state index in [4.69, 9.17) is 16.1 Å². The molecule has 0 spiro atoms. The fraction of sp³-hybridized carbons (Fsp3) is 0.550. The summed E-state index contributed by atoms with van der Waals surface area (Å²) in [5.74, 6) is 2.80. The van der Waals surface area contributed by atoms with E-state index in [1.54, 1.807) is 12.1 Å². The molecular weight excluding hydrogens is 350 g/mol. The van der Waals surface area contributed by atoms with Crippen LogP contribution >= 0.6 is 11.6 Å². The Balaban J connectivity index is 1.31. The quantitative estimate of drug-likeness (QED) is 0.798. The van der Waals surface area contributed by atoms with Gasteiger partial charge < -0.3 is 9.42 Å². The van der Waals surface area contributed by atoms with Gasteiger partial charge in [-0.2, -0.15) is 4.98 Å². The Hall–Kier alpha value is -1.88. The van der Waals surface area contributed by atoms with Crippen LogP contribution in [0, 0.1) is 11.8 Å². The predicted molar refractivity (Wildman–Crippen MR) is 99.7 cm³/mol. The van der Waals surface area contributed by atoms with E-state index in [1.807, 2.05) is 17.0 Å². The number of benzene rings is 1. The van der Waals surface area contributed by atoms with Gasteiger partial charge in [0.2, 0.25) is 17.6 Å². The molecule has 1 amide bonds. The molecule has 6 heteroatoms. The van der Waals surface area contributed by atoms with Gasteiger partial charge in [0.15, 0.2) is 0 Å². The Morgan fingerprint density at radius 2 is 1.92 bits per heavy atom. The van der Waals surface area contributed by atoms with Gasteiger partial charge in [0.05, 0.1) is 0 Å². The number of aryl methyl sites for hydroxylation is 1. The first-order valence-electron chi connectivity index (χ1n) is 9.55. The summed E-state index contributed by atoms with van der Waals surface area (Å²) >= 11 is 5.90. The number of halogens is 1. The normalized spacial score (nSPS) is 22.9. The van der Waals surface area contributed by atoms with E-state index in [9.17, 15) is 4.79 Å². The summed E-state index contributed by atoms with van der Waals surface area (Å²) in [6.45, 7) is 1.84. The number of fused-ring (bicyclic) bond motifs is 1. The van der Waals surface area contributed by atoms with Crippen LogP contribution in [0.25, 0.3) is 11.4 Å². The molecule has 1 aromatic heterocycles. The third kappa shape index (κ3) is 3.93. The summed E-state index contributed by atoms with van der Waals surface area (Å²) in [7, 11) is 0. The van der Waals surface area contributed by atoms with Crippen molar-refractivity contribution in [2.45, 2.75) is 44.9 Å². The minimum atomic E-state index is 0.209. The Kier molecular flexibility index (Phi) is 5.25. The van der Waals surface area contributed by atoms with E-state index in [0.29, 0.717) is 35.5 Å². The molecule has 1 saturated carbocycles. The lowest BCUT2D eigenvalue weighted by atomic mass is 9.75. The molecule has 4 rings (SSSR count). The number of carbonyl (C=O) groups excluding carboxylic acids is 1. The number of rotatable bonds is 4. The maximum absolute atomic E-state index is 12.6. The van der Waals surface area contributed by atoms with Crippen molar-refractivity contribution < 1.29 is 9.32 Å². The van der Waals surface area contributed by atoms with Crippen LogP contribution in [0.2, 0.25) is 5.02 Å². The molecule has 0 unspecified atom stereocenters. The monoisotopic (exact) mass is 373 g/mol. The van der Waals surface area contributed by atoms with Crippen LogP contribution in [0.15, 0.2) is 28.8 Å². The molecule has 26 heavy (non-hydrogen) atoms. The summed E-state index contributed by atoms with van der Waals surface area (Å²) < 4.78 is 5.31. The SMILES string of the molecule is O=C(CCc1nc(-c2ccc(Cl)cc2)no1)N1CC[C@@H]2CCCC[C@H]2C1. The van der Waals surface area contributed by atoms with E-state index in [2.05, 4.69) is 10.1 Å². The van der Waals surface area contributed by atoms with Crippen molar-refractivity contribution in [1.82, 2.24) is 15.0 Å². The third-order valence-electron chi connectivity index (χ3n) is 5.77. The fourth-order valence-electron chi connectivity index (χ4n) is 4.27.